The molecular weight excluding hydrogens is 463 g/mol. The lowest BCUT2D eigenvalue weighted by molar-refractivity contribution is -0.138. The maximum atomic E-state index is 13.8. The molecular formula is C23H29FN4O5S. The summed E-state index contributed by atoms with van der Waals surface area (Å²) >= 11 is 0. The van der Waals surface area contributed by atoms with E-state index in [4.69, 9.17) is 4.52 Å². The van der Waals surface area contributed by atoms with Crippen LogP contribution in [-0.4, -0.2) is 78.8 Å². The molecule has 34 heavy (non-hydrogen) atoms. The lowest BCUT2D eigenvalue weighted by Crippen LogP contribution is -2.53. The van der Waals surface area contributed by atoms with E-state index in [2.05, 4.69) is 5.16 Å². The fraction of sp³-hybridized carbons (Fsp3) is 0.522. The van der Waals surface area contributed by atoms with Gasteiger partial charge in [0.1, 0.15) is 16.4 Å². The highest BCUT2D eigenvalue weighted by molar-refractivity contribution is 7.89. The number of hydrogen-bond donors (Lipinski definition) is 0. The molecule has 184 valence electrons. The molecule has 0 saturated carbocycles. The van der Waals surface area contributed by atoms with Crippen LogP contribution in [-0.2, 0) is 14.8 Å². The quantitative estimate of drug-likeness (QED) is 0.648. The van der Waals surface area contributed by atoms with Gasteiger partial charge in [-0.1, -0.05) is 11.2 Å². The van der Waals surface area contributed by atoms with Gasteiger partial charge in [-0.25, -0.2) is 12.8 Å². The Bertz CT molecular complexity index is 1180. The summed E-state index contributed by atoms with van der Waals surface area (Å²) in [5, 5.41) is 3.74. The van der Waals surface area contributed by atoms with Gasteiger partial charge in [0.2, 0.25) is 15.9 Å². The summed E-state index contributed by atoms with van der Waals surface area (Å²) in [6, 6.07) is 4.45. The van der Waals surface area contributed by atoms with Crippen molar-refractivity contribution in [2.45, 2.75) is 38.5 Å². The van der Waals surface area contributed by atoms with E-state index < -0.39 is 15.8 Å². The average Bonchev–Trinajstić information content (AvgIpc) is 3.18. The first kappa shape index (κ1) is 24.3. The summed E-state index contributed by atoms with van der Waals surface area (Å²) in [7, 11) is -3.72. The van der Waals surface area contributed by atoms with E-state index in [1.165, 1.54) is 10.4 Å². The lowest BCUT2D eigenvalue weighted by atomic mass is 9.96. The fourth-order valence-electron chi connectivity index (χ4n) is 4.61. The minimum atomic E-state index is -3.72. The summed E-state index contributed by atoms with van der Waals surface area (Å²) in [6.45, 7) is 6.86. The summed E-state index contributed by atoms with van der Waals surface area (Å²) in [5.74, 6) is -0.671. The molecule has 2 fully saturated rings. The van der Waals surface area contributed by atoms with Crippen molar-refractivity contribution in [3.63, 3.8) is 0 Å². The molecule has 2 aliphatic heterocycles. The lowest BCUT2D eigenvalue weighted by Gasteiger charge is -2.38. The number of rotatable bonds is 4. The van der Waals surface area contributed by atoms with E-state index in [0.717, 1.165) is 0 Å². The second-order valence-corrected chi connectivity index (χ2v) is 10.8. The Morgan fingerprint density at radius 2 is 1.62 bits per heavy atom. The van der Waals surface area contributed by atoms with Gasteiger partial charge in [0, 0.05) is 50.7 Å². The van der Waals surface area contributed by atoms with Gasteiger partial charge in [-0.05, 0) is 51.3 Å². The summed E-state index contributed by atoms with van der Waals surface area (Å²) in [5.41, 5.74) is 1.11. The first-order valence-corrected chi connectivity index (χ1v) is 12.8. The number of benzene rings is 1. The van der Waals surface area contributed by atoms with Gasteiger partial charge in [-0.2, -0.15) is 4.31 Å². The summed E-state index contributed by atoms with van der Waals surface area (Å²) in [4.78, 5) is 29.2. The number of carbonyl (C=O) groups is 2. The monoisotopic (exact) mass is 492 g/mol. The Hall–Kier alpha value is -2.79. The number of piperazine rings is 1. The first-order valence-electron chi connectivity index (χ1n) is 11.4. The molecule has 4 rings (SSSR count). The largest absolute Gasteiger partial charge is 0.360 e. The van der Waals surface area contributed by atoms with Crippen LogP contribution in [0.15, 0.2) is 27.6 Å². The standard InChI is InChI=1S/C23H29FN4O5S/c1-15-4-5-19(14-20(15)24)23(30)27-12-10-26(11-13-27)22(29)18-6-8-28(9-7-18)34(31,32)21-16(2)25-33-17(21)3/h4-5,14,18H,6-13H2,1-3H3. The Morgan fingerprint density at radius 3 is 2.18 bits per heavy atom. The molecule has 2 aliphatic rings. The van der Waals surface area contributed by atoms with Gasteiger partial charge in [-0.15, -0.1) is 0 Å². The van der Waals surface area contributed by atoms with Gasteiger partial charge in [0.25, 0.3) is 5.91 Å². The molecule has 3 heterocycles. The van der Waals surface area contributed by atoms with Crippen molar-refractivity contribution in [2.24, 2.45) is 5.92 Å². The van der Waals surface area contributed by atoms with E-state index >= 15 is 0 Å². The van der Waals surface area contributed by atoms with Crippen LogP contribution in [0.2, 0.25) is 0 Å². The van der Waals surface area contributed by atoms with Crippen molar-refractivity contribution in [3.8, 4) is 0 Å². The van der Waals surface area contributed by atoms with E-state index in [1.54, 1.807) is 42.7 Å². The number of aryl methyl sites for hydroxylation is 3. The third-order valence-corrected chi connectivity index (χ3v) is 8.81. The number of hydrogen-bond acceptors (Lipinski definition) is 6. The van der Waals surface area contributed by atoms with Crippen molar-refractivity contribution >= 4 is 21.8 Å². The SMILES string of the molecule is Cc1ccc(C(=O)N2CCN(C(=O)C3CCN(S(=O)(=O)c4c(C)noc4C)CC3)CC2)cc1F. The second-order valence-electron chi connectivity index (χ2n) is 8.91. The summed E-state index contributed by atoms with van der Waals surface area (Å²) in [6.07, 6.45) is 0.868. The molecule has 0 atom stereocenters. The van der Waals surface area contributed by atoms with Crippen molar-refractivity contribution in [1.29, 1.82) is 0 Å². The highest BCUT2D eigenvalue weighted by Gasteiger charge is 2.37. The Kier molecular flexibility index (Phi) is 6.77. The number of aromatic nitrogens is 1. The predicted molar refractivity (Wildman–Crippen MR) is 121 cm³/mol. The zero-order valence-electron chi connectivity index (χ0n) is 19.6. The molecule has 0 spiro atoms. The molecule has 0 bridgehead atoms. The Labute approximate surface area is 198 Å². The topological polar surface area (TPSA) is 104 Å². The van der Waals surface area contributed by atoms with Crippen molar-refractivity contribution < 1.29 is 26.9 Å². The highest BCUT2D eigenvalue weighted by atomic mass is 32.2. The number of halogens is 1. The van der Waals surface area contributed by atoms with Crippen LogP contribution in [0.5, 0.6) is 0 Å². The third kappa shape index (κ3) is 4.58. The van der Waals surface area contributed by atoms with Gasteiger partial charge in [0.05, 0.1) is 0 Å². The first-order chi connectivity index (χ1) is 16.1. The number of carbonyl (C=O) groups excluding carboxylic acids is 2. The van der Waals surface area contributed by atoms with Crippen LogP contribution in [0, 0.1) is 32.5 Å². The third-order valence-electron chi connectivity index (χ3n) is 6.67. The Morgan fingerprint density at radius 1 is 1.00 bits per heavy atom. The normalized spacial score (nSPS) is 18.4. The molecule has 0 unspecified atom stereocenters. The van der Waals surface area contributed by atoms with Crippen LogP contribution >= 0.6 is 0 Å². The zero-order chi connectivity index (χ0) is 24.6. The van der Waals surface area contributed by atoms with Gasteiger partial charge in [0.15, 0.2) is 5.76 Å². The second kappa shape index (κ2) is 9.46. The molecule has 0 N–H and O–H groups in total. The molecule has 11 heteroatoms. The molecule has 2 aromatic rings. The average molecular weight is 493 g/mol. The molecule has 1 aromatic carbocycles. The highest BCUT2D eigenvalue weighted by Crippen LogP contribution is 2.28. The zero-order valence-corrected chi connectivity index (χ0v) is 20.4. The van der Waals surface area contributed by atoms with Crippen LogP contribution in [0.1, 0.15) is 40.2 Å². The molecule has 9 nitrogen and oxygen atoms in total. The molecule has 0 radical (unpaired) electrons. The minimum Gasteiger partial charge on any atom is -0.360 e. The summed E-state index contributed by atoms with van der Waals surface area (Å²) < 4.78 is 46.2. The van der Waals surface area contributed by atoms with Crippen molar-refractivity contribution in [1.82, 2.24) is 19.3 Å². The van der Waals surface area contributed by atoms with Gasteiger partial charge >= 0.3 is 0 Å². The van der Waals surface area contributed by atoms with Crippen LogP contribution in [0.25, 0.3) is 0 Å². The number of nitrogens with zero attached hydrogens (tertiary/aromatic N) is 4. The molecule has 2 amide bonds. The number of sulfonamides is 1. The fourth-order valence-corrected chi connectivity index (χ4v) is 6.37. The number of piperidine rings is 1. The maximum absolute atomic E-state index is 13.8. The molecule has 1 aromatic heterocycles. The van der Waals surface area contributed by atoms with E-state index in [-0.39, 0.29) is 41.5 Å². The van der Waals surface area contributed by atoms with Crippen LogP contribution in [0.3, 0.4) is 0 Å². The minimum absolute atomic E-state index is 0.0112. The van der Waals surface area contributed by atoms with Crippen LogP contribution in [0.4, 0.5) is 4.39 Å². The smallest absolute Gasteiger partial charge is 0.254 e. The Balaban J connectivity index is 1.31. The molecule has 2 saturated heterocycles. The number of amides is 2. The van der Waals surface area contributed by atoms with E-state index in [0.29, 0.717) is 55.8 Å². The van der Waals surface area contributed by atoms with Gasteiger partial charge in [-0.3, -0.25) is 9.59 Å². The van der Waals surface area contributed by atoms with Crippen molar-refractivity contribution in [3.05, 3.63) is 46.6 Å². The van der Waals surface area contributed by atoms with Crippen molar-refractivity contribution in [2.75, 3.05) is 39.3 Å². The maximum Gasteiger partial charge on any atom is 0.254 e. The van der Waals surface area contributed by atoms with E-state index in [9.17, 15) is 22.4 Å². The van der Waals surface area contributed by atoms with Gasteiger partial charge < -0.3 is 14.3 Å². The van der Waals surface area contributed by atoms with E-state index in [1.807, 2.05) is 0 Å². The molecule has 0 aliphatic carbocycles. The van der Waals surface area contributed by atoms with Crippen LogP contribution < -0.4 is 0 Å². The predicted octanol–water partition coefficient (Wildman–Crippen LogP) is 2.12.